The first kappa shape index (κ1) is 10.7. The topological polar surface area (TPSA) is 24.9 Å². The Bertz CT molecular complexity index is 243. The Morgan fingerprint density at radius 3 is 2.85 bits per heavy atom. The summed E-state index contributed by atoms with van der Waals surface area (Å²) in [6, 6.07) is 0. The van der Waals surface area contributed by atoms with Crippen LogP contribution in [0.1, 0.15) is 23.7 Å². The third-order valence-corrected chi connectivity index (χ3v) is 2.71. The minimum atomic E-state index is 0.734. The van der Waals surface area contributed by atoms with Gasteiger partial charge in [0.2, 0.25) is 0 Å². The molecule has 1 aromatic heterocycles. The Morgan fingerprint density at radius 2 is 2.31 bits per heavy atom. The molecule has 1 rings (SSSR count). The molecule has 0 radical (unpaired) electrons. The second-order valence-electron chi connectivity index (χ2n) is 3.71. The maximum atomic E-state index is 4.31. The minimum Gasteiger partial charge on any atom is -0.316 e. The Labute approximate surface area is 84.4 Å². The first-order chi connectivity index (χ1) is 6.18. The first-order valence-corrected chi connectivity index (χ1v) is 5.62. The smallest absolute Gasteiger partial charge is 0.0940 e. The van der Waals surface area contributed by atoms with E-state index in [-0.39, 0.29) is 0 Å². The van der Waals surface area contributed by atoms with E-state index in [4.69, 9.17) is 0 Å². The van der Waals surface area contributed by atoms with E-state index in [9.17, 15) is 0 Å². The average molecular weight is 198 g/mol. The molecule has 0 amide bonds. The van der Waals surface area contributed by atoms with Crippen LogP contribution in [-0.4, -0.2) is 18.1 Å². The van der Waals surface area contributed by atoms with Gasteiger partial charge in [-0.15, -0.1) is 11.3 Å². The number of hydrogen-bond donors (Lipinski definition) is 1. The van der Waals surface area contributed by atoms with Crippen molar-refractivity contribution >= 4 is 11.3 Å². The minimum absolute atomic E-state index is 0.734. The summed E-state index contributed by atoms with van der Waals surface area (Å²) in [5, 5.41) is 4.65. The Hall–Kier alpha value is -0.410. The lowest BCUT2D eigenvalue weighted by Crippen LogP contribution is -2.21. The van der Waals surface area contributed by atoms with Crippen LogP contribution in [0, 0.1) is 12.8 Å². The molecule has 0 aromatic carbocycles. The van der Waals surface area contributed by atoms with Crippen molar-refractivity contribution in [2.45, 2.75) is 27.2 Å². The zero-order chi connectivity index (χ0) is 9.68. The highest BCUT2D eigenvalue weighted by Gasteiger charge is 1.98. The molecule has 0 atom stereocenters. The van der Waals surface area contributed by atoms with E-state index in [0.29, 0.717) is 0 Å². The summed E-state index contributed by atoms with van der Waals surface area (Å²) in [5.41, 5.74) is 0. The van der Waals surface area contributed by atoms with Crippen molar-refractivity contribution < 1.29 is 0 Å². The van der Waals surface area contributed by atoms with Crippen LogP contribution >= 0.6 is 11.3 Å². The van der Waals surface area contributed by atoms with Gasteiger partial charge in [0.15, 0.2) is 0 Å². The second kappa shape index (κ2) is 5.35. The molecule has 0 aliphatic carbocycles. The molecule has 0 aliphatic rings. The molecule has 1 aromatic rings. The zero-order valence-electron chi connectivity index (χ0n) is 8.63. The molecular weight excluding hydrogens is 180 g/mol. The maximum absolute atomic E-state index is 4.31. The van der Waals surface area contributed by atoms with E-state index < -0.39 is 0 Å². The maximum Gasteiger partial charge on any atom is 0.0940 e. The van der Waals surface area contributed by atoms with Gasteiger partial charge in [-0.05, 0) is 19.4 Å². The van der Waals surface area contributed by atoms with Gasteiger partial charge in [0.1, 0.15) is 0 Å². The van der Waals surface area contributed by atoms with E-state index >= 15 is 0 Å². The molecule has 13 heavy (non-hydrogen) atoms. The summed E-state index contributed by atoms with van der Waals surface area (Å²) in [5.74, 6) is 0.734. The summed E-state index contributed by atoms with van der Waals surface area (Å²) in [7, 11) is 0. The van der Waals surface area contributed by atoms with E-state index in [1.165, 1.54) is 9.88 Å². The number of thiazole rings is 1. The lowest BCUT2D eigenvalue weighted by molar-refractivity contribution is 0.554. The fourth-order valence-corrected chi connectivity index (χ4v) is 1.89. The van der Waals surface area contributed by atoms with Gasteiger partial charge in [-0.25, -0.2) is 4.98 Å². The molecule has 3 heteroatoms. The largest absolute Gasteiger partial charge is 0.316 e. The molecule has 2 nitrogen and oxygen atoms in total. The van der Waals surface area contributed by atoms with Crippen LogP contribution in [0.15, 0.2) is 6.20 Å². The number of hydrogen-bond acceptors (Lipinski definition) is 3. The number of nitrogens with zero attached hydrogens (tertiary/aromatic N) is 1. The Balaban J connectivity index is 2.13. The van der Waals surface area contributed by atoms with E-state index in [1.54, 1.807) is 11.3 Å². The predicted octanol–water partition coefficient (Wildman–Crippen LogP) is 2.24. The molecule has 0 aliphatic heterocycles. The van der Waals surface area contributed by atoms with Crippen LogP contribution < -0.4 is 5.32 Å². The summed E-state index contributed by atoms with van der Waals surface area (Å²) < 4.78 is 0. The van der Waals surface area contributed by atoms with Gasteiger partial charge < -0.3 is 5.32 Å². The van der Waals surface area contributed by atoms with Crippen LogP contribution in [0.2, 0.25) is 0 Å². The van der Waals surface area contributed by atoms with E-state index in [2.05, 4.69) is 31.1 Å². The van der Waals surface area contributed by atoms with Crippen LogP contribution in [0.4, 0.5) is 0 Å². The molecule has 1 N–H and O–H groups in total. The van der Waals surface area contributed by atoms with Gasteiger partial charge in [-0.2, -0.15) is 0 Å². The molecule has 74 valence electrons. The molecule has 1 heterocycles. The molecule has 0 spiro atoms. The van der Waals surface area contributed by atoms with Crippen molar-refractivity contribution in [2.75, 3.05) is 13.1 Å². The lowest BCUT2D eigenvalue weighted by Gasteiger charge is -2.05. The summed E-state index contributed by atoms with van der Waals surface area (Å²) in [4.78, 5) is 5.62. The normalized spacial score (nSPS) is 11.1. The monoisotopic (exact) mass is 198 g/mol. The highest BCUT2D eigenvalue weighted by molar-refractivity contribution is 7.11. The highest BCUT2D eigenvalue weighted by Crippen LogP contribution is 2.10. The predicted molar refractivity (Wildman–Crippen MR) is 58.3 cm³/mol. The van der Waals surface area contributed by atoms with Crippen molar-refractivity contribution in [1.82, 2.24) is 10.3 Å². The summed E-state index contributed by atoms with van der Waals surface area (Å²) in [6.07, 6.45) is 3.01. The lowest BCUT2D eigenvalue weighted by atomic mass is 10.2. The molecular formula is C10H18N2S. The van der Waals surface area contributed by atoms with Gasteiger partial charge in [-0.3, -0.25) is 0 Å². The Morgan fingerprint density at radius 1 is 1.54 bits per heavy atom. The van der Waals surface area contributed by atoms with E-state index in [0.717, 1.165) is 25.4 Å². The third-order valence-electron chi connectivity index (χ3n) is 1.74. The second-order valence-corrected chi connectivity index (χ2v) is 5.03. The van der Waals surface area contributed by atoms with Crippen molar-refractivity contribution in [3.8, 4) is 0 Å². The molecule has 0 unspecified atom stereocenters. The summed E-state index contributed by atoms with van der Waals surface area (Å²) in [6.45, 7) is 8.69. The number of aryl methyl sites for hydroxylation is 1. The number of aromatic nitrogens is 1. The van der Waals surface area contributed by atoms with Gasteiger partial charge >= 0.3 is 0 Å². The van der Waals surface area contributed by atoms with Crippen LogP contribution in [0.25, 0.3) is 0 Å². The van der Waals surface area contributed by atoms with Crippen molar-refractivity contribution in [1.29, 1.82) is 0 Å². The average Bonchev–Trinajstić information content (AvgIpc) is 2.45. The van der Waals surface area contributed by atoms with Gasteiger partial charge in [-0.1, -0.05) is 13.8 Å². The number of nitrogens with one attached hydrogen (secondary N) is 1. The Kier molecular flexibility index (Phi) is 4.39. The van der Waals surface area contributed by atoms with Crippen LogP contribution in [0.3, 0.4) is 0 Å². The van der Waals surface area contributed by atoms with Crippen molar-refractivity contribution in [3.05, 3.63) is 16.1 Å². The molecule has 0 saturated carbocycles. The quantitative estimate of drug-likeness (QED) is 0.734. The standard InChI is InChI=1S/C10H18N2S/c1-8(2)6-11-5-4-10-12-7-9(3)13-10/h7-8,11H,4-6H2,1-3H3. The number of rotatable bonds is 5. The van der Waals surface area contributed by atoms with Crippen molar-refractivity contribution in [2.24, 2.45) is 5.92 Å². The molecule has 0 bridgehead atoms. The SMILES string of the molecule is Cc1cnc(CCNCC(C)C)s1. The van der Waals surface area contributed by atoms with Crippen LogP contribution in [0.5, 0.6) is 0 Å². The fraction of sp³-hybridized carbons (Fsp3) is 0.700. The van der Waals surface area contributed by atoms with Crippen molar-refractivity contribution in [3.63, 3.8) is 0 Å². The third kappa shape index (κ3) is 4.39. The zero-order valence-corrected chi connectivity index (χ0v) is 9.45. The van der Waals surface area contributed by atoms with E-state index in [1.807, 2.05) is 6.20 Å². The van der Waals surface area contributed by atoms with Gasteiger partial charge in [0.05, 0.1) is 5.01 Å². The molecule has 0 saturated heterocycles. The fourth-order valence-electron chi connectivity index (χ4n) is 1.10. The summed E-state index contributed by atoms with van der Waals surface area (Å²) >= 11 is 1.80. The van der Waals surface area contributed by atoms with Crippen LogP contribution in [-0.2, 0) is 6.42 Å². The highest BCUT2D eigenvalue weighted by atomic mass is 32.1. The van der Waals surface area contributed by atoms with Gasteiger partial charge in [0, 0.05) is 24.0 Å². The first-order valence-electron chi connectivity index (χ1n) is 4.80. The van der Waals surface area contributed by atoms with Gasteiger partial charge in [0.25, 0.3) is 0 Å². The molecule has 0 fully saturated rings.